The van der Waals surface area contributed by atoms with Crippen LogP contribution in [0, 0.1) is 0 Å². The number of piperidine rings is 2. The molecule has 2 fully saturated rings. The number of nitrogens with zero attached hydrogens (tertiary/aromatic N) is 2. The SMILES string of the molecule is C=C1CCC(N2Cc3cc(OC4CN(Cc5ccccc5)CCC4NCC(F)(F)F)ccc3C2=O)C(=O)N1. The van der Waals surface area contributed by atoms with Crippen molar-refractivity contribution in [2.45, 2.75) is 56.7 Å². The molecule has 3 heterocycles. The summed E-state index contributed by atoms with van der Waals surface area (Å²) < 4.78 is 45.2. The summed E-state index contributed by atoms with van der Waals surface area (Å²) in [6.45, 7) is 4.76. The Hall–Kier alpha value is -3.37. The van der Waals surface area contributed by atoms with Crippen molar-refractivity contribution >= 4 is 11.8 Å². The zero-order valence-corrected chi connectivity index (χ0v) is 21.0. The van der Waals surface area contributed by atoms with E-state index in [9.17, 15) is 22.8 Å². The normalized spacial score (nSPS) is 24.3. The highest BCUT2D eigenvalue weighted by Crippen LogP contribution is 2.32. The Bertz CT molecular complexity index is 1200. The predicted molar refractivity (Wildman–Crippen MR) is 135 cm³/mol. The summed E-state index contributed by atoms with van der Waals surface area (Å²) in [5.74, 6) is 0.0408. The van der Waals surface area contributed by atoms with Crippen molar-refractivity contribution in [1.29, 1.82) is 0 Å². The summed E-state index contributed by atoms with van der Waals surface area (Å²) >= 11 is 0. The van der Waals surface area contributed by atoms with Crippen LogP contribution in [0.1, 0.15) is 40.7 Å². The Balaban J connectivity index is 1.30. The number of hydrogen-bond acceptors (Lipinski definition) is 5. The number of allylic oxidation sites excluding steroid dienone is 1. The maximum atomic E-state index is 13.0. The van der Waals surface area contributed by atoms with Crippen LogP contribution in [0.15, 0.2) is 60.8 Å². The topological polar surface area (TPSA) is 73.9 Å². The third-order valence-electron chi connectivity index (χ3n) is 7.35. The molecular formula is C28H31F3N4O3. The van der Waals surface area contributed by atoms with Gasteiger partial charge < -0.3 is 20.3 Å². The predicted octanol–water partition coefficient (Wildman–Crippen LogP) is 3.61. The molecule has 202 valence electrons. The van der Waals surface area contributed by atoms with Gasteiger partial charge in [-0.1, -0.05) is 36.9 Å². The molecule has 38 heavy (non-hydrogen) atoms. The summed E-state index contributed by atoms with van der Waals surface area (Å²) in [7, 11) is 0. The Labute approximate surface area is 219 Å². The summed E-state index contributed by atoms with van der Waals surface area (Å²) in [6, 6.07) is 14.0. The Morgan fingerprint density at radius 3 is 2.63 bits per heavy atom. The zero-order chi connectivity index (χ0) is 26.9. The Morgan fingerprint density at radius 2 is 1.89 bits per heavy atom. The number of alkyl halides is 3. The van der Waals surface area contributed by atoms with E-state index >= 15 is 0 Å². The van der Waals surface area contributed by atoms with Crippen LogP contribution in [0.25, 0.3) is 0 Å². The molecule has 2 amide bonds. The van der Waals surface area contributed by atoms with E-state index in [1.165, 1.54) is 0 Å². The summed E-state index contributed by atoms with van der Waals surface area (Å²) in [5, 5.41) is 5.37. The minimum Gasteiger partial charge on any atom is -0.487 e. The van der Waals surface area contributed by atoms with Gasteiger partial charge in [-0.05, 0) is 48.6 Å². The van der Waals surface area contributed by atoms with Gasteiger partial charge in [0.2, 0.25) is 5.91 Å². The number of hydrogen-bond donors (Lipinski definition) is 2. The van der Waals surface area contributed by atoms with Gasteiger partial charge in [0, 0.05) is 43.5 Å². The van der Waals surface area contributed by atoms with Crippen LogP contribution in [0.4, 0.5) is 13.2 Å². The van der Waals surface area contributed by atoms with Crippen molar-refractivity contribution in [2.75, 3.05) is 19.6 Å². The molecule has 3 aliphatic rings. The van der Waals surface area contributed by atoms with Crippen molar-refractivity contribution < 1.29 is 27.5 Å². The average Bonchev–Trinajstić information content (AvgIpc) is 3.19. The minimum atomic E-state index is -4.32. The highest BCUT2D eigenvalue weighted by atomic mass is 19.4. The number of benzene rings is 2. The van der Waals surface area contributed by atoms with Gasteiger partial charge in [0.05, 0.1) is 6.54 Å². The van der Waals surface area contributed by atoms with Crippen molar-refractivity contribution in [2.24, 2.45) is 0 Å². The third-order valence-corrected chi connectivity index (χ3v) is 7.35. The number of halogens is 3. The number of carbonyl (C=O) groups is 2. The molecule has 2 saturated heterocycles. The number of carbonyl (C=O) groups excluding carboxylic acids is 2. The van der Waals surface area contributed by atoms with Crippen LogP contribution >= 0.6 is 0 Å². The second-order valence-electron chi connectivity index (χ2n) is 10.2. The highest BCUT2D eigenvalue weighted by molar-refractivity contribution is 6.01. The van der Waals surface area contributed by atoms with E-state index in [0.29, 0.717) is 55.9 Å². The smallest absolute Gasteiger partial charge is 0.401 e. The van der Waals surface area contributed by atoms with Gasteiger partial charge in [-0.2, -0.15) is 13.2 Å². The molecular weight excluding hydrogens is 497 g/mol. The van der Waals surface area contributed by atoms with Crippen LogP contribution in [0.2, 0.25) is 0 Å². The van der Waals surface area contributed by atoms with Gasteiger partial charge in [0.25, 0.3) is 5.91 Å². The first kappa shape index (κ1) is 26.2. The fraction of sp³-hybridized carbons (Fsp3) is 0.429. The molecule has 2 aromatic carbocycles. The molecule has 10 heteroatoms. The van der Waals surface area contributed by atoms with Crippen LogP contribution in [-0.4, -0.2) is 65.6 Å². The van der Waals surface area contributed by atoms with Crippen molar-refractivity contribution in [3.8, 4) is 5.75 Å². The van der Waals surface area contributed by atoms with Crippen molar-refractivity contribution in [3.05, 3.63) is 77.5 Å². The highest BCUT2D eigenvalue weighted by Gasteiger charge is 2.39. The first-order valence-electron chi connectivity index (χ1n) is 12.8. The second kappa shape index (κ2) is 10.8. The molecule has 0 saturated carbocycles. The van der Waals surface area contributed by atoms with E-state index < -0.39 is 30.9 Å². The van der Waals surface area contributed by atoms with E-state index in [2.05, 4.69) is 22.1 Å². The Morgan fingerprint density at radius 1 is 1.11 bits per heavy atom. The quantitative estimate of drug-likeness (QED) is 0.575. The van der Waals surface area contributed by atoms with Gasteiger partial charge in [-0.25, -0.2) is 0 Å². The average molecular weight is 529 g/mol. The molecule has 3 unspecified atom stereocenters. The Kier molecular flexibility index (Phi) is 7.45. The van der Waals surface area contributed by atoms with Gasteiger partial charge in [-0.15, -0.1) is 0 Å². The summed E-state index contributed by atoms with van der Waals surface area (Å²) in [4.78, 5) is 29.2. The van der Waals surface area contributed by atoms with Gasteiger partial charge in [0.15, 0.2) is 0 Å². The van der Waals surface area contributed by atoms with E-state index in [-0.39, 0.29) is 18.4 Å². The van der Waals surface area contributed by atoms with Crippen LogP contribution in [0.3, 0.4) is 0 Å². The summed E-state index contributed by atoms with van der Waals surface area (Å²) in [6.07, 6.45) is -3.21. The largest absolute Gasteiger partial charge is 0.487 e. The van der Waals surface area contributed by atoms with Crippen molar-refractivity contribution in [3.63, 3.8) is 0 Å². The molecule has 7 nitrogen and oxygen atoms in total. The molecule has 3 aliphatic heterocycles. The van der Waals surface area contributed by atoms with Crippen molar-refractivity contribution in [1.82, 2.24) is 20.4 Å². The monoisotopic (exact) mass is 528 g/mol. The van der Waals surface area contributed by atoms with Crippen LogP contribution < -0.4 is 15.4 Å². The molecule has 0 spiro atoms. The van der Waals surface area contributed by atoms with E-state index in [4.69, 9.17) is 4.74 Å². The first-order chi connectivity index (χ1) is 18.2. The molecule has 3 atom stereocenters. The lowest BCUT2D eigenvalue weighted by Gasteiger charge is -2.39. The van der Waals surface area contributed by atoms with Gasteiger partial charge in [-0.3, -0.25) is 14.5 Å². The number of nitrogens with one attached hydrogen (secondary N) is 2. The molecule has 2 N–H and O–H groups in total. The molecule has 0 aromatic heterocycles. The molecule has 0 aliphatic carbocycles. The maximum Gasteiger partial charge on any atom is 0.401 e. The van der Waals surface area contributed by atoms with E-state index in [1.807, 2.05) is 30.3 Å². The first-order valence-corrected chi connectivity index (χ1v) is 12.8. The van der Waals surface area contributed by atoms with Gasteiger partial charge in [0.1, 0.15) is 17.9 Å². The number of likely N-dealkylation sites (tertiary alicyclic amines) is 1. The minimum absolute atomic E-state index is 0.212. The summed E-state index contributed by atoms with van der Waals surface area (Å²) in [5.41, 5.74) is 3.02. The number of ether oxygens (including phenoxy) is 1. The van der Waals surface area contributed by atoms with Gasteiger partial charge >= 0.3 is 6.18 Å². The van der Waals surface area contributed by atoms with E-state index in [0.717, 1.165) is 11.1 Å². The number of fused-ring (bicyclic) bond motifs is 1. The van der Waals surface area contributed by atoms with Crippen LogP contribution in [-0.2, 0) is 17.9 Å². The molecule has 5 rings (SSSR count). The lowest BCUT2D eigenvalue weighted by molar-refractivity contribution is -0.128. The van der Waals surface area contributed by atoms with Crippen LogP contribution in [0.5, 0.6) is 5.75 Å². The number of amides is 2. The fourth-order valence-corrected chi connectivity index (χ4v) is 5.44. The lowest BCUT2D eigenvalue weighted by atomic mass is 10.0. The second-order valence-corrected chi connectivity index (χ2v) is 10.2. The standard InChI is InChI=1S/C28H31F3N4O3/c1-18-7-10-24(26(36)33-18)35-15-20-13-21(8-9-22(20)27(35)37)38-25-16-34(14-19-5-3-2-4-6-19)12-11-23(25)32-17-28(29,30)31/h2-6,8-9,13,23-25,32H,1,7,10-12,14-17H2,(H,33,36). The molecule has 2 aromatic rings. The molecule has 0 bridgehead atoms. The zero-order valence-electron chi connectivity index (χ0n) is 21.0. The maximum absolute atomic E-state index is 13.0. The fourth-order valence-electron chi connectivity index (χ4n) is 5.44. The molecule has 0 radical (unpaired) electrons. The van der Waals surface area contributed by atoms with E-state index in [1.54, 1.807) is 23.1 Å². The third kappa shape index (κ3) is 6.02. The number of rotatable bonds is 7. The lowest BCUT2D eigenvalue weighted by Crippen LogP contribution is -2.56.